The van der Waals surface area contributed by atoms with Gasteiger partial charge >= 0.3 is 0 Å². The Morgan fingerprint density at radius 2 is 2.22 bits per heavy atom. The van der Waals surface area contributed by atoms with Crippen LogP contribution >= 0.6 is 0 Å². The van der Waals surface area contributed by atoms with Crippen LogP contribution in [0.25, 0.3) is 0 Å². The highest BCUT2D eigenvalue weighted by Crippen LogP contribution is 2.13. The van der Waals surface area contributed by atoms with Gasteiger partial charge in [0.1, 0.15) is 6.04 Å². The van der Waals surface area contributed by atoms with Crippen LogP contribution in [0.1, 0.15) is 24.4 Å². The highest BCUT2D eigenvalue weighted by molar-refractivity contribution is 5.82. The maximum absolute atomic E-state index is 11.9. The largest absolute Gasteiger partial charge is 0.381 e. The van der Waals surface area contributed by atoms with E-state index < -0.39 is 6.04 Å². The first-order valence-corrected chi connectivity index (χ1v) is 6.43. The second kappa shape index (κ2) is 6.52. The molecule has 98 valence electrons. The number of amides is 1. The van der Waals surface area contributed by atoms with Crippen LogP contribution in [0.3, 0.4) is 0 Å². The quantitative estimate of drug-likeness (QED) is 0.842. The topological polar surface area (TPSA) is 64.4 Å². The fourth-order valence-corrected chi connectivity index (χ4v) is 2.14. The van der Waals surface area contributed by atoms with Crippen molar-refractivity contribution in [3.63, 3.8) is 0 Å². The van der Waals surface area contributed by atoms with Gasteiger partial charge in [-0.1, -0.05) is 30.3 Å². The van der Waals surface area contributed by atoms with Crippen molar-refractivity contribution in [1.82, 2.24) is 5.32 Å². The van der Waals surface area contributed by atoms with Gasteiger partial charge in [-0.3, -0.25) is 4.79 Å². The molecule has 1 aromatic rings. The normalized spacial score (nSPS) is 21.3. The molecule has 1 aliphatic rings. The number of ether oxygens (including phenoxy) is 1. The van der Waals surface area contributed by atoms with Gasteiger partial charge < -0.3 is 15.8 Å². The van der Waals surface area contributed by atoms with Crippen molar-refractivity contribution in [1.29, 1.82) is 0 Å². The van der Waals surface area contributed by atoms with Crippen molar-refractivity contribution in [2.24, 2.45) is 11.7 Å². The van der Waals surface area contributed by atoms with Gasteiger partial charge in [-0.15, -0.1) is 0 Å². The number of nitrogens with one attached hydrogen (secondary N) is 1. The fraction of sp³-hybridized carbons (Fsp3) is 0.500. The van der Waals surface area contributed by atoms with Gasteiger partial charge in [0.2, 0.25) is 5.91 Å². The summed E-state index contributed by atoms with van der Waals surface area (Å²) >= 11 is 0. The fourth-order valence-electron chi connectivity index (χ4n) is 2.14. The van der Waals surface area contributed by atoms with Crippen molar-refractivity contribution >= 4 is 5.91 Å². The zero-order valence-electron chi connectivity index (χ0n) is 10.5. The molecule has 1 aliphatic heterocycles. The summed E-state index contributed by atoms with van der Waals surface area (Å²) < 4.78 is 5.38. The molecule has 0 unspecified atom stereocenters. The lowest BCUT2D eigenvalue weighted by Crippen LogP contribution is -2.38. The first-order valence-electron chi connectivity index (χ1n) is 6.43. The molecular formula is C14H20N2O2. The lowest BCUT2D eigenvalue weighted by Gasteiger charge is -2.23. The first kappa shape index (κ1) is 13.1. The van der Waals surface area contributed by atoms with Crippen molar-refractivity contribution in [3.05, 3.63) is 35.9 Å². The monoisotopic (exact) mass is 248 g/mol. The Morgan fingerprint density at radius 3 is 2.89 bits per heavy atom. The van der Waals surface area contributed by atoms with Crippen LogP contribution in [0.5, 0.6) is 0 Å². The van der Waals surface area contributed by atoms with Gasteiger partial charge in [-0.05, 0) is 24.3 Å². The van der Waals surface area contributed by atoms with Gasteiger partial charge in [0.05, 0.1) is 6.61 Å². The molecule has 1 heterocycles. The van der Waals surface area contributed by atoms with Crippen LogP contribution in [-0.2, 0) is 9.53 Å². The Hall–Kier alpha value is -1.39. The zero-order chi connectivity index (χ0) is 12.8. The minimum atomic E-state index is -0.587. The molecule has 1 saturated heterocycles. The van der Waals surface area contributed by atoms with E-state index in [0.29, 0.717) is 12.5 Å². The Balaban J connectivity index is 1.80. The number of benzene rings is 1. The molecule has 1 aromatic carbocycles. The summed E-state index contributed by atoms with van der Waals surface area (Å²) in [6, 6.07) is 8.83. The summed E-state index contributed by atoms with van der Waals surface area (Å²) in [5, 5.41) is 2.91. The Bertz CT molecular complexity index is 375. The van der Waals surface area contributed by atoms with E-state index in [2.05, 4.69) is 5.32 Å². The molecule has 1 fully saturated rings. The molecule has 0 spiro atoms. The summed E-state index contributed by atoms with van der Waals surface area (Å²) in [5.74, 6) is 0.303. The molecule has 0 radical (unpaired) electrons. The molecular weight excluding hydrogens is 228 g/mol. The summed E-state index contributed by atoms with van der Waals surface area (Å²) in [5.41, 5.74) is 6.75. The third kappa shape index (κ3) is 3.55. The summed E-state index contributed by atoms with van der Waals surface area (Å²) in [7, 11) is 0. The second-order valence-corrected chi connectivity index (χ2v) is 4.72. The van der Waals surface area contributed by atoms with E-state index in [1.807, 2.05) is 30.3 Å². The maximum atomic E-state index is 11.9. The third-order valence-corrected chi connectivity index (χ3v) is 3.26. The smallest absolute Gasteiger partial charge is 0.241 e. The first-order chi connectivity index (χ1) is 8.77. The molecule has 3 N–H and O–H groups in total. The average molecular weight is 248 g/mol. The van der Waals surface area contributed by atoms with Gasteiger partial charge in [0.15, 0.2) is 0 Å². The number of carbonyl (C=O) groups is 1. The SMILES string of the molecule is N[C@@H](C(=O)NC[C@@H]1CCCOC1)c1ccccc1. The number of hydrogen-bond acceptors (Lipinski definition) is 3. The minimum Gasteiger partial charge on any atom is -0.381 e. The highest BCUT2D eigenvalue weighted by atomic mass is 16.5. The highest BCUT2D eigenvalue weighted by Gasteiger charge is 2.18. The van der Waals surface area contributed by atoms with E-state index >= 15 is 0 Å². The van der Waals surface area contributed by atoms with Gasteiger partial charge in [-0.25, -0.2) is 0 Å². The molecule has 2 atom stereocenters. The Labute approximate surface area is 108 Å². The van der Waals surface area contributed by atoms with E-state index in [-0.39, 0.29) is 5.91 Å². The van der Waals surface area contributed by atoms with Crippen LogP contribution in [0.4, 0.5) is 0 Å². The van der Waals surface area contributed by atoms with Crippen molar-refractivity contribution in [2.75, 3.05) is 19.8 Å². The van der Waals surface area contributed by atoms with Crippen molar-refractivity contribution in [2.45, 2.75) is 18.9 Å². The number of carbonyl (C=O) groups excluding carboxylic acids is 1. The third-order valence-electron chi connectivity index (χ3n) is 3.26. The Morgan fingerprint density at radius 1 is 1.44 bits per heavy atom. The van der Waals surface area contributed by atoms with E-state index in [9.17, 15) is 4.79 Å². The molecule has 2 rings (SSSR count). The molecule has 0 bridgehead atoms. The summed E-state index contributed by atoms with van der Waals surface area (Å²) in [4.78, 5) is 11.9. The van der Waals surface area contributed by atoms with Crippen LogP contribution < -0.4 is 11.1 Å². The van der Waals surface area contributed by atoms with E-state index in [4.69, 9.17) is 10.5 Å². The van der Waals surface area contributed by atoms with Crippen LogP contribution in [0.15, 0.2) is 30.3 Å². The van der Waals surface area contributed by atoms with Crippen LogP contribution in [0.2, 0.25) is 0 Å². The predicted molar refractivity (Wildman–Crippen MR) is 69.9 cm³/mol. The van der Waals surface area contributed by atoms with E-state index in [1.54, 1.807) is 0 Å². The summed E-state index contributed by atoms with van der Waals surface area (Å²) in [6.07, 6.45) is 2.19. The molecule has 1 amide bonds. The maximum Gasteiger partial charge on any atom is 0.241 e. The number of nitrogens with two attached hydrogens (primary N) is 1. The van der Waals surface area contributed by atoms with Gasteiger partial charge in [0, 0.05) is 13.2 Å². The summed E-state index contributed by atoms with van der Waals surface area (Å²) in [6.45, 7) is 2.23. The molecule has 0 saturated carbocycles. The second-order valence-electron chi connectivity index (χ2n) is 4.72. The van der Waals surface area contributed by atoms with Crippen LogP contribution in [-0.4, -0.2) is 25.7 Å². The lowest BCUT2D eigenvalue weighted by atomic mass is 10.0. The molecule has 4 nitrogen and oxygen atoms in total. The molecule has 0 aliphatic carbocycles. The molecule has 0 aromatic heterocycles. The van der Waals surface area contributed by atoms with E-state index in [0.717, 1.165) is 31.6 Å². The van der Waals surface area contributed by atoms with Crippen molar-refractivity contribution in [3.8, 4) is 0 Å². The number of rotatable bonds is 4. The standard InChI is InChI=1S/C14H20N2O2/c15-13(12-6-2-1-3-7-12)14(17)16-9-11-5-4-8-18-10-11/h1-3,6-7,11,13H,4-5,8-10,15H2,(H,16,17)/t11-,13+/m0/s1. The van der Waals surface area contributed by atoms with Crippen LogP contribution in [0, 0.1) is 5.92 Å². The van der Waals surface area contributed by atoms with E-state index in [1.165, 1.54) is 0 Å². The molecule has 4 heteroatoms. The lowest BCUT2D eigenvalue weighted by molar-refractivity contribution is -0.122. The van der Waals surface area contributed by atoms with Gasteiger partial charge in [-0.2, -0.15) is 0 Å². The zero-order valence-corrected chi connectivity index (χ0v) is 10.5. The number of hydrogen-bond donors (Lipinski definition) is 2. The van der Waals surface area contributed by atoms with Gasteiger partial charge in [0.25, 0.3) is 0 Å². The minimum absolute atomic E-state index is 0.119. The average Bonchev–Trinajstić information content (AvgIpc) is 2.46. The Kier molecular flexibility index (Phi) is 4.73. The predicted octanol–water partition coefficient (Wildman–Crippen LogP) is 1.23. The molecule has 18 heavy (non-hydrogen) atoms. The van der Waals surface area contributed by atoms with Crippen molar-refractivity contribution < 1.29 is 9.53 Å².